The molecule has 0 amide bonds. The fraction of sp³-hybridized carbons (Fsp3) is 0.278. The first kappa shape index (κ1) is 16.0. The average molecular weight is 298 g/mol. The molecule has 22 heavy (non-hydrogen) atoms. The van der Waals surface area contributed by atoms with Crippen LogP contribution in [0.15, 0.2) is 48.5 Å². The van der Waals surface area contributed by atoms with Crippen molar-refractivity contribution in [3.8, 4) is 5.75 Å². The number of nitrogen functional groups attached to an aromatic ring is 1. The van der Waals surface area contributed by atoms with E-state index in [0.29, 0.717) is 17.0 Å². The van der Waals surface area contributed by atoms with E-state index >= 15 is 0 Å². The van der Waals surface area contributed by atoms with E-state index < -0.39 is 0 Å². The normalized spacial score (nSPS) is 13.4. The molecule has 4 nitrogen and oxygen atoms in total. The fourth-order valence-corrected chi connectivity index (χ4v) is 2.43. The molecule has 2 rings (SSSR count). The Hall–Kier alpha value is -2.33. The highest BCUT2D eigenvalue weighted by molar-refractivity contribution is 6.00. The van der Waals surface area contributed by atoms with Crippen LogP contribution in [0.1, 0.15) is 35.8 Å². The topological polar surface area (TPSA) is 64.3 Å². The van der Waals surface area contributed by atoms with Crippen molar-refractivity contribution in [3.05, 3.63) is 59.7 Å². The van der Waals surface area contributed by atoms with E-state index in [-0.39, 0.29) is 17.9 Å². The van der Waals surface area contributed by atoms with Crippen LogP contribution in [0, 0.1) is 0 Å². The minimum atomic E-state index is -0.303. The molecule has 0 bridgehead atoms. The first-order valence-electron chi connectivity index (χ1n) is 7.31. The molecule has 3 N–H and O–H groups in total. The van der Waals surface area contributed by atoms with Gasteiger partial charge in [-0.3, -0.25) is 4.79 Å². The number of carbonyl (C=O) groups is 1. The maximum absolute atomic E-state index is 12.5. The molecule has 0 aliphatic heterocycles. The van der Waals surface area contributed by atoms with E-state index in [4.69, 9.17) is 10.5 Å². The lowest BCUT2D eigenvalue weighted by atomic mass is 10.0. The number of methoxy groups -OCH3 is 1. The predicted octanol–water partition coefficient (Wildman–Crippen LogP) is 3.20. The number of carbonyl (C=O) groups excluding carboxylic acids is 1. The standard InChI is InChI=1S/C18H22N2O2/c1-12(14-7-5-4-6-8-14)20-13(2)18(21)15-9-10-17(22-3)16(19)11-15/h4-13,20H,19H2,1-3H3. The summed E-state index contributed by atoms with van der Waals surface area (Å²) in [5.41, 5.74) is 8.07. The Bertz CT molecular complexity index is 641. The van der Waals surface area contributed by atoms with E-state index in [1.807, 2.05) is 44.2 Å². The van der Waals surface area contributed by atoms with Crippen molar-refractivity contribution in [3.63, 3.8) is 0 Å². The molecule has 0 aliphatic carbocycles. The summed E-state index contributed by atoms with van der Waals surface area (Å²) < 4.78 is 5.11. The van der Waals surface area contributed by atoms with Crippen molar-refractivity contribution < 1.29 is 9.53 Å². The second-order valence-electron chi connectivity index (χ2n) is 5.34. The first-order chi connectivity index (χ1) is 10.5. The van der Waals surface area contributed by atoms with Crippen molar-refractivity contribution in [2.45, 2.75) is 25.9 Å². The minimum absolute atomic E-state index is 0.0112. The van der Waals surface area contributed by atoms with Gasteiger partial charge in [0, 0.05) is 11.6 Å². The number of ether oxygens (including phenoxy) is 1. The molecule has 116 valence electrons. The number of Topliss-reactive ketones (excluding diaryl/α,β-unsaturated/α-hetero) is 1. The van der Waals surface area contributed by atoms with Gasteiger partial charge >= 0.3 is 0 Å². The zero-order valence-corrected chi connectivity index (χ0v) is 13.2. The molecule has 0 radical (unpaired) electrons. The van der Waals surface area contributed by atoms with Gasteiger partial charge in [-0.05, 0) is 37.6 Å². The smallest absolute Gasteiger partial charge is 0.179 e. The molecule has 2 unspecified atom stereocenters. The highest BCUT2D eigenvalue weighted by atomic mass is 16.5. The monoisotopic (exact) mass is 298 g/mol. The van der Waals surface area contributed by atoms with Crippen LogP contribution in [0.3, 0.4) is 0 Å². The molecular weight excluding hydrogens is 276 g/mol. The SMILES string of the molecule is COc1ccc(C(=O)C(C)NC(C)c2ccccc2)cc1N. The molecule has 2 aromatic carbocycles. The third kappa shape index (κ3) is 3.65. The molecule has 0 saturated carbocycles. The summed E-state index contributed by atoms with van der Waals surface area (Å²) >= 11 is 0. The molecule has 0 aromatic heterocycles. The van der Waals surface area contributed by atoms with E-state index in [2.05, 4.69) is 5.32 Å². The number of nitrogens with two attached hydrogens (primary N) is 1. The third-order valence-electron chi connectivity index (χ3n) is 3.71. The number of benzene rings is 2. The molecule has 0 heterocycles. The van der Waals surface area contributed by atoms with E-state index in [9.17, 15) is 4.79 Å². The summed E-state index contributed by atoms with van der Waals surface area (Å²) in [6.45, 7) is 3.91. The van der Waals surface area contributed by atoms with Crippen molar-refractivity contribution >= 4 is 11.5 Å². The number of anilines is 1. The van der Waals surface area contributed by atoms with E-state index in [0.717, 1.165) is 5.56 Å². The van der Waals surface area contributed by atoms with Crippen molar-refractivity contribution in [1.29, 1.82) is 0 Å². The molecule has 0 spiro atoms. The summed E-state index contributed by atoms with van der Waals surface area (Å²) in [6, 6.07) is 14.9. The van der Waals surface area contributed by atoms with Gasteiger partial charge in [0.25, 0.3) is 0 Å². The molecular formula is C18H22N2O2. The van der Waals surface area contributed by atoms with Crippen LogP contribution in [0.2, 0.25) is 0 Å². The van der Waals surface area contributed by atoms with Crippen LogP contribution in [0.5, 0.6) is 5.75 Å². The maximum atomic E-state index is 12.5. The molecule has 2 atom stereocenters. The Morgan fingerprint density at radius 2 is 1.82 bits per heavy atom. The number of ketones is 1. The quantitative estimate of drug-likeness (QED) is 0.635. The van der Waals surface area contributed by atoms with Crippen LogP contribution in [-0.4, -0.2) is 18.9 Å². The molecule has 2 aromatic rings. The summed E-state index contributed by atoms with van der Waals surface area (Å²) in [5.74, 6) is 0.590. The van der Waals surface area contributed by atoms with Gasteiger partial charge in [-0.15, -0.1) is 0 Å². The summed E-state index contributed by atoms with van der Waals surface area (Å²) in [6.07, 6.45) is 0. The molecule has 0 aliphatic rings. The maximum Gasteiger partial charge on any atom is 0.179 e. The van der Waals surface area contributed by atoms with Gasteiger partial charge in [0.15, 0.2) is 5.78 Å². The van der Waals surface area contributed by atoms with Crippen LogP contribution in [-0.2, 0) is 0 Å². The van der Waals surface area contributed by atoms with Gasteiger partial charge in [0.1, 0.15) is 5.75 Å². The van der Waals surface area contributed by atoms with Crippen LogP contribution in [0.25, 0.3) is 0 Å². The minimum Gasteiger partial charge on any atom is -0.495 e. The first-order valence-corrected chi connectivity index (χ1v) is 7.31. The summed E-state index contributed by atoms with van der Waals surface area (Å²) in [7, 11) is 1.55. The van der Waals surface area contributed by atoms with E-state index in [1.165, 1.54) is 0 Å². The summed E-state index contributed by atoms with van der Waals surface area (Å²) in [4.78, 5) is 12.5. The Morgan fingerprint density at radius 1 is 1.14 bits per heavy atom. The van der Waals surface area contributed by atoms with E-state index in [1.54, 1.807) is 25.3 Å². The van der Waals surface area contributed by atoms with Crippen LogP contribution in [0.4, 0.5) is 5.69 Å². The summed E-state index contributed by atoms with van der Waals surface area (Å²) in [5, 5.41) is 3.32. The van der Waals surface area contributed by atoms with Crippen molar-refractivity contribution in [2.24, 2.45) is 0 Å². The highest BCUT2D eigenvalue weighted by Crippen LogP contribution is 2.23. The third-order valence-corrected chi connectivity index (χ3v) is 3.71. The average Bonchev–Trinajstić information content (AvgIpc) is 2.54. The Morgan fingerprint density at radius 3 is 2.41 bits per heavy atom. The highest BCUT2D eigenvalue weighted by Gasteiger charge is 2.18. The number of rotatable bonds is 6. The Kier molecular flexibility index (Phi) is 5.17. The Labute approximate surface area is 131 Å². The Balaban J connectivity index is 2.07. The van der Waals surface area contributed by atoms with Crippen LogP contribution >= 0.6 is 0 Å². The van der Waals surface area contributed by atoms with Crippen LogP contribution < -0.4 is 15.8 Å². The van der Waals surface area contributed by atoms with Crippen molar-refractivity contribution in [1.82, 2.24) is 5.32 Å². The molecule has 0 saturated heterocycles. The zero-order valence-electron chi connectivity index (χ0n) is 13.2. The van der Waals surface area contributed by atoms with Gasteiger partial charge in [0.2, 0.25) is 0 Å². The second kappa shape index (κ2) is 7.09. The van der Waals surface area contributed by atoms with Gasteiger partial charge in [-0.25, -0.2) is 0 Å². The number of hydrogen-bond acceptors (Lipinski definition) is 4. The van der Waals surface area contributed by atoms with Gasteiger partial charge < -0.3 is 15.8 Å². The molecule has 0 fully saturated rings. The molecule has 4 heteroatoms. The number of hydrogen-bond donors (Lipinski definition) is 2. The second-order valence-corrected chi connectivity index (χ2v) is 5.34. The van der Waals surface area contributed by atoms with Crippen molar-refractivity contribution in [2.75, 3.05) is 12.8 Å². The predicted molar refractivity (Wildman–Crippen MR) is 89.2 cm³/mol. The van der Waals surface area contributed by atoms with Gasteiger partial charge in [-0.1, -0.05) is 30.3 Å². The number of nitrogens with one attached hydrogen (secondary N) is 1. The van der Waals surface area contributed by atoms with Gasteiger partial charge in [-0.2, -0.15) is 0 Å². The largest absolute Gasteiger partial charge is 0.495 e. The lowest BCUT2D eigenvalue weighted by molar-refractivity contribution is 0.0945. The zero-order chi connectivity index (χ0) is 16.1. The lowest BCUT2D eigenvalue weighted by Gasteiger charge is -2.20. The fourth-order valence-electron chi connectivity index (χ4n) is 2.43. The van der Waals surface area contributed by atoms with Gasteiger partial charge in [0.05, 0.1) is 18.8 Å². The lowest BCUT2D eigenvalue weighted by Crippen LogP contribution is -2.35.